The first-order valence-corrected chi connectivity index (χ1v) is 8.03. The lowest BCUT2D eigenvalue weighted by molar-refractivity contribution is 0.0988. The Morgan fingerprint density at radius 2 is 2.22 bits per heavy atom. The van der Waals surface area contributed by atoms with E-state index in [1.165, 1.54) is 22.9 Å². The topological polar surface area (TPSA) is 9.23 Å². The van der Waals surface area contributed by atoms with Crippen molar-refractivity contribution in [3.05, 3.63) is 34.3 Å². The first-order valence-electron chi connectivity index (χ1n) is 6.70. The van der Waals surface area contributed by atoms with Crippen molar-refractivity contribution in [2.24, 2.45) is 5.92 Å². The fourth-order valence-electron chi connectivity index (χ4n) is 2.50. The Morgan fingerprint density at radius 3 is 2.89 bits per heavy atom. The third-order valence-corrected chi connectivity index (χ3v) is 4.82. The zero-order valence-electron chi connectivity index (χ0n) is 10.6. The van der Waals surface area contributed by atoms with Crippen LogP contribution < -0.4 is 0 Å². The summed E-state index contributed by atoms with van der Waals surface area (Å²) < 4.78 is 6.86. The standard InChI is InChI=1S/C15H20BrClO/c16-15-6-2-1-4-13(15)10-12(11-17)7-8-14-5-3-9-18-14/h1-2,4,6,12,14H,3,5,7-11H2. The molecule has 0 aliphatic carbocycles. The molecule has 100 valence electrons. The Labute approximate surface area is 123 Å². The molecule has 1 aliphatic rings. The van der Waals surface area contributed by atoms with E-state index in [1.807, 2.05) is 0 Å². The summed E-state index contributed by atoms with van der Waals surface area (Å²) in [6.07, 6.45) is 6.30. The van der Waals surface area contributed by atoms with Crippen molar-refractivity contribution in [2.45, 2.75) is 38.2 Å². The molecule has 0 N–H and O–H groups in total. The molecule has 0 amide bonds. The van der Waals surface area contributed by atoms with E-state index in [2.05, 4.69) is 40.2 Å². The first kappa shape index (κ1) is 14.4. The third kappa shape index (κ3) is 4.25. The highest BCUT2D eigenvalue weighted by molar-refractivity contribution is 9.10. The molecule has 0 bridgehead atoms. The van der Waals surface area contributed by atoms with Gasteiger partial charge in [-0.1, -0.05) is 34.1 Å². The van der Waals surface area contributed by atoms with Gasteiger partial charge in [-0.2, -0.15) is 0 Å². The lowest BCUT2D eigenvalue weighted by atomic mass is 9.94. The van der Waals surface area contributed by atoms with Crippen molar-refractivity contribution in [1.82, 2.24) is 0 Å². The summed E-state index contributed by atoms with van der Waals surface area (Å²) in [5.74, 6) is 1.28. The van der Waals surface area contributed by atoms with E-state index in [0.717, 1.165) is 31.7 Å². The highest BCUT2D eigenvalue weighted by Gasteiger charge is 2.18. The number of hydrogen-bond donors (Lipinski definition) is 0. The Bertz CT molecular complexity index is 363. The predicted octanol–water partition coefficient (Wildman–Crippen LogP) is 4.81. The van der Waals surface area contributed by atoms with Crippen LogP contribution in [-0.2, 0) is 11.2 Å². The second kappa shape index (κ2) is 7.52. The number of benzene rings is 1. The largest absolute Gasteiger partial charge is 0.378 e. The van der Waals surface area contributed by atoms with Gasteiger partial charge in [0, 0.05) is 17.0 Å². The lowest BCUT2D eigenvalue weighted by Crippen LogP contribution is -2.12. The van der Waals surface area contributed by atoms with Crippen LogP contribution in [0.5, 0.6) is 0 Å². The van der Waals surface area contributed by atoms with Crippen molar-refractivity contribution in [1.29, 1.82) is 0 Å². The van der Waals surface area contributed by atoms with E-state index in [1.54, 1.807) is 0 Å². The molecule has 1 nitrogen and oxygen atoms in total. The van der Waals surface area contributed by atoms with Crippen LogP contribution in [0.3, 0.4) is 0 Å². The molecule has 2 rings (SSSR count). The van der Waals surface area contributed by atoms with Gasteiger partial charge < -0.3 is 4.74 Å². The average molecular weight is 332 g/mol. The smallest absolute Gasteiger partial charge is 0.0576 e. The van der Waals surface area contributed by atoms with Gasteiger partial charge in [-0.15, -0.1) is 11.6 Å². The number of hydrogen-bond acceptors (Lipinski definition) is 1. The van der Waals surface area contributed by atoms with Crippen LogP contribution >= 0.6 is 27.5 Å². The number of rotatable bonds is 6. The number of halogens is 2. The molecule has 3 heteroatoms. The van der Waals surface area contributed by atoms with Gasteiger partial charge in [0.05, 0.1) is 6.10 Å². The van der Waals surface area contributed by atoms with Crippen LogP contribution in [0.25, 0.3) is 0 Å². The molecule has 0 saturated carbocycles. The van der Waals surface area contributed by atoms with E-state index in [-0.39, 0.29) is 0 Å². The van der Waals surface area contributed by atoms with Crippen LogP contribution in [0.15, 0.2) is 28.7 Å². The molecule has 1 saturated heterocycles. The van der Waals surface area contributed by atoms with Crippen molar-refractivity contribution in [2.75, 3.05) is 12.5 Å². The quantitative estimate of drug-likeness (QED) is 0.680. The normalized spacial score (nSPS) is 21.1. The van der Waals surface area contributed by atoms with Crippen LogP contribution in [0.4, 0.5) is 0 Å². The van der Waals surface area contributed by atoms with Crippen molar-refractivity contribution >= 4 is 27.5 Å². The summed E-state index contributed by atoms with van der Waals surface area (Å²) in [4.78, 5) is 0. The predicted molar refractivity (Wildman–Crippen MR) is 80.3 cm³/mol. The molecule has 0 spiro atoms. The molecule has 1 fully saturated rings. The number of ether oxygens (including phenoxy) is 1. The van der Waals surface area contributed by atoms with E-state index >= 15 is 0 Å². The van der Waals surface area contributed by atoms with Gasteiger partial charge in [-0.3, -0.25) is 0 Å². The molecule has 2 atom stereocenters. The Morgan fingerprint density at radius 1 is 1.39 bits per heavy atom. The third-order valence-electron chi connectivity index (χ3n) is 3.61. The molecule has 1 aromatic carbocycles. The lowest BCUT2D eigenvalue weighted by Gasteiger charge is -2.17. The Hall–Kier alpha value is -0.0500. The van der Waals surface area contributed by atoms with Gasteiger partial charge >= 0.3 is 0 Å². The molecule has 2 unspecified atom stereocenters. The van der Waals surface area contributed by atoms with Crippen LogP contribution in [0.2, 0.25) is 0 Å². The summed E-state index contributed by atoms with van der Waals surface area (Å²) >= 11 is 9.70. The molecule has 1 aromatic rings. The van der Waals surface area contributed by atoms with Crippen LogP contribution in [-0.4, -0.2) is 18.6 Å². The Balaban J connectivity index is 1.83. The minimum atomic E-state index is 0.481. The van der Waals surface area contributed by atoms with Gasteiger partial charge in [0.15, 0.2) is 0 Å². The van der Waals surface area contributed by atoms with Gasteiger partial charge in [0.25, 0.3) is 0 Å². The van der Waals surface area contributed by atoms with Crippen LogP contribution in [0, 0.1) is 5.92 Å². The summed E-state index contributed by atoms with van der Waals surface area (Å²) in [7, 11) is 0. The molecule has 18 heavy (non-hydrogen) atoms. The summed E-state index contributed by atoms with van der Waals surface area (Å²) in [6.45, 7) is 0.945. The summed E-state index contributed by atoms with van der Waals surface area (Å²) in [5, 5.41) is 0. The van der Waals surface area contributed by atoms with E-state index in [0.29, 0.717) is 12.0 Å². The Kier molecular flexibility index (Phi) is 6.00. The molecule has 1 heterocycles. The molecule has 1 aliphatic heterocycles. The number of alkyl halides is 1. The van der Waals surface area contributed by atoms with Gasteiger partial charge in [0.2, 0.25) is 0 Å². The van der Waals surface area contributed by atoms with Gasteiger partial charge in [-0.25, -0.2) is 0 Å². The highest BCUT2D eigenvalue weighted by Crippen LogP contribution is 2.25. The van der Waals surface area contributed by atoms with Crippen molar-refractivity contribution in [3.63, 3.8) is 0 Å². The monoisotopic (exact) mass is 330 g/mol. The fourth-order valence-corrected chi connectivity index (χ4v) is 3.21. The van der Waals surface area contributed by atoms with E-state index in [4.69, 9.17) is 16.3 Å². The maximum atomic E-state index is 6.10. The first-order chi connectivity index (χ1) is 8.79. The minimum absolute atomic E-state index is 0.481. The SMILES string of the molecule is ClCC(CCC1CCCO1)Cc1ccccc1Br. The maximum absolute atomic E-state index is 6.10. The fraction of sp³-hybridized carbons (Fsp3) is 0.600. The van der Waals surface area contributed by atoms with E-state index < -0.39 is 0 Å². The zero-order valence-corrected chi connectivity index (χ0v) is 12.9. The summed E-state index contributed by atoms with van der Waals surface area (Å²) in [5.41, 5.74) is 1.36. The molecule has 0 radical (unpaired) electrons. The second-order valence-corrected chi connectivity index (χ2v) is 6.19. The molecular formula is C15H20BrClO. The molecule has 0 aromatic heterocycles. The van der Waals surface area contributed by atoms with Crippen LogP contribution in [0.1, 0.15) is 31.2 Å². The molecular weight excluding hydrogens is 312 g/mol. The maximum Gasteiger partial charge on any atom is 0.0576 e. The van der Waals surface area contributed by atoms with Crippen molar-refractivity contribution in [3.8, 4) is 0 Å². The second-order valence-electron chi connectivity index (χ2n) is 5.03. The van der Waals surface area contributed by atoms with Gasteiger partial charge in [0.1, 0.15) is 0 Å². The van der Waals surface area contributed by atoms with E-state index in [9.17, 15) is 0 Å². The summed E-state index contributed by atoms with van der Waals surface area (Å²) in [6, 6.07) is 8.41. The van der Waals surface area contributed by atoms with Crippen molar-refractivity contribution < 1.29 is 4.74 Å². The minimum Gasteiger partial charge on any atom is -0.378 e. The van der Waals surface area contributed by atoms with Gasteiger partial charge in [-0.05, 0) is 49.7 Å². The highest BCUT2D eigenvalue weighted by atomic mass is 79.9. The average Bonchev–Trinajstić information content (AvgIpc) is 2.90. The zero-order chi connectivity index (χ0) is 12.8.